The van der Waals surface area contributed by atoms with Gasteiger partial charge in [0.2, 0.25) is 11.8 Å². The smallest absolute Gasteiger partial charge is 0.257 e. The molecule has 2 aromatic carbocycles. The zero-order valence-corrected chi connectivity index (χ0v) is 18.9. The molecule has 1 saturated carbocycles. The highest BCUT2D eigenvalue weighted by atomic mass is 16.5. The molecule has 1 atom stereocenters. The highest BCUT2D eigenvalue weighted by molar-refractivity contribution is 6.10. The SMILES string of the molecule is C[C@]12CCC(=O)N1c1ccccc1C(=O)N2CCC(=O)Nc1cccc(OC2CCCC2)c1. The highest BCUT2D eigenvalue weighted by Crippen LogP contribution is 2.44. The summed E-state index contributed by atoms with van der Waals surface area (Å²) in [5, 5.41) is 2.92. The summed E-state index contributed by atoms with van der Waals surface area (Å²) in [6, 6.07) is 14.7. The summed E-state index contributed by atoms with van der Waals surface area (Å²) in [5.41, 5.74) is 1.09. The molecule has 3 aliphatic rings. The first-order valence-electron chi connectivity index (χ1n) is 11.8. The summed E-state index contributed by atoms with van der Waals surface area (Å²) in [4.78, 5) is 42.1. The van der Waals surface area contributed by atoms with Crippen LogP contribution in [-0.2, 0) is 9.59 Å². The van der Waals surface area contributed by atoms with Crippen LogP contribution in [0, 0.1) is 0 Å². The second kappa shape index (κ2) is 8.54. The quantitative estimate of drug-likeness (QED) is 0.715. The van der Waals surface area contributed by atoms with Gasteiger partial charge in [0, 0.05) is 31.1 Å². The first-order chi connectivity index (χ1) is 16.0. The third-order valence-corrected chi connectivity index (χ3v) is 7.03. The van der Waals surface area contributed by atoms with Gasteiger partial charge in [0.05, 0.1) is 17.4 Å². The summed E-state index contributed by atoms with van der Waals surface area (Å²) in [7, 11) is 0. The third-order valence-electron chi connectivity index (χ3n) is 7.03. The fraction of sp³-hybridized carbons (Fsp3) is 0.423. The third kappa shape index (κ3) is 3.96. The molecule has 33 heavy (non-hydrogen) atoms. The Bertz CT molecular complexity index is 1090. The predicted octanol–water partition coefficient (Wildman–Crippen LogP) is 4.34. The molecule has 5 rings (SSSR count). The van der Waals surface area contributed by atoms with Gasteiger partial charge in [-0.15, -0.1) is 0 Å². The van der Waals surface area contributed by atoms with Crippen LogP contribution >= 0.6 is 0 Å². The number of hydrogen-bond acceptors (Lipinski definition) is 4. The summed E-state index contributed by atoms with van der Waals surface area (Å²) in [6.45, 7) is 2.14. The minimum atomic E-state index is -0.752. The van der Waals surface area contributed by atoms with Crippen molar-refractivity contribution in [1.82, 2.24) is 4.90 Å². The fourth-order valence-corrected chi connectivity index (χ4v) is 5.32. The number of ether oxygens (including phenoxy) is 1. The molecule has 2 aromatic rings. The summed E-state index contributed by atoms with van der Waals surface area (Å²) >= 11 is 0. The average Bonchev–Trinajstić information content (AvgIpc) is 3.41. The topological polar surface area (TPSA) is 79.0 Å². The number of benzene rings is 2. The molecule has 2 fully saturated rings. The number of anilines is 2. The molecular weight excluding hydrogens is 418 g/mol. The van der Waals surface area contributed by atoms with Gasteiger partial charge in [-0.25, -0.2) is 0 Å². The molecule has 0 radical (unpaired) electrons. The van der Waals surface area contributed by atoms with Crippen molar-refractivity contribution < 1.29 is 19.1 Å². The van der Waals surface area contributed by atoms with Crippen LogP contribution in [-0.4, -0.2) is 40.9 Å². The highest BCUT2D eigenvalue weighted by Gasteiger charge is 2.52. The van der Waals surface area contributed by atoms with Crippen molar-refractivity contribution in [2.75, 3.05) is 16.8 Å². The van der Waals surface area contributed by atoms with E-state index in [0.29, 0.717) is 29.8 Å². The van der Waals surface area contributed by atoms with Crippen LogP contribution in [0.5, 0.6) is 5.75 Å². The van der Waals surface area contributed by atoms with E-state index in [1.54, 1.807) is 21.9 Å². The first kappa shape index (κ1) is 21.5. The lowest BCUT2D eigenvalue weighted by atomic mass is 9.98. The number of carbonyl (C=O) groups excluding carboxylic acids is 3. The first-order valence-corrected chi connectivity index (χ1v) is 11.8. The Morgan fingerprint density at radius 3 is 2.73 bits per heavy atom. The van der Waals surface area contributed by atoms with E-state index in [4.69, 9.17) is 4.74 Å². The van der Waals surface area contributed by atoms with Crippen molar-refractivity contribution in [1.29, 1.82) is 0 Å². The largest absolute Gasteiger partial charge is 0.490 e. The maximum Gasteiger partial charge on any atom is 0.257 e. The monoisotopic (exact) mass is 447 g/mol. The van der Waals surface area contributed by atoms with Crippen molar-refractivity contribution in [2.24, 2.45) is 0 Å². The van der Waals surface area contributed by atoms with E-state index in [-0.39, 0.29) is 36.8 Å². The van der Waals surface area contributed by atoms with E-state index in [1.807, 2.05) is 43.3 Å². The van der Waals surface area contributed by atoms with Gasteiger partial charge in [-0.3, -0.25) is 19.3 Å². The Hall–Kier alpha value is -3.35. The van der Waals surface area contributed by atoms with Crippen LogP contribution in [0.25, 0.3) is 0 Å². The van der Waals surface area contributed by atoms with Crippen LogP contribution in [0.3, 0.4) is 0 Å². The summed E-state index contributed by atoms with van der Waals surface area (Å²) in [5.74, 6) is 0.444. The standard InChI is InChI=1S/C26H29N3O4/c1-26-15-13-24(31)29(26)22-12-5-4-11-21(22)25(32)28(26)16-14-23(30)27-18-7-6-10-20(17-18)33-19-8-2-3-9-19/h4-7,10-12,17,19H,2-3,8-9,13-16H2,1H3,(H,27,30)/t26-/m1/s1. The van der Waals surface area contributed by atoms with Gasteiger partial charge in [0.1, 0.15) is 11.4 Å². The predicted molar refractivity (Wildman–Crippen MR) is 125 cm³/mol. The van der Waals surface area contributed by atoms with Crippen molar-refractivity contribution in [2.45, 2.75) is 63.6 Å². The number of para-hydroxylation sites is 1. The molecule has 7 heteroatoms. The van der Waals surface area contributed by atoms with Crippen molar-refractivity contribution in [3.63, 3.8) is 0 Å². The van der Waals surface area contributed by atoms with Crippen molar-refractivity contribution in [3.05, 3.63) is 54.1 Å². The molecule has 1 aliphatic carbocycles. The lowest BCUT2D eigenvalue weighted by molar-refractivity contribution is -0.117. The molecule has 2 aliphatic heterocycles. The number of hydrogen-bond donors (Lipinski definition) is 1. The maximum absolute atomic E-state index is 13.3. The molecule has 0 bridgehead atoms. The van der Waals surface area contributed by atoms with Gasteiger partial charge in [-0.2, -0.15) is 0 Å². The van der Waals surface area contributed by atoms with Crippen molar-refractivity contribution >= 4 is 29.1 Å². The van der Waals surface area contributed by atoms with E-state index in [1.165, 1.54) is 12.8 Å². The van der Waals surface area contributed by atoms with Crippen molar-refractivity contribution in [3.8, 4) is 5.75 Å². The van der Waals surface area contributed by atoms with Gasteiger partial charge >= 0.3 is 0 Å². The Labute approximate surface area is 193 Å². The molecule has 172 valence electrons. The molecule has 2 heterocycles. The molecule has 3 amide bonds. The molecule has 0 aromatic heterocycles. The van der Waals surface area contributed by atoms with Gasteiger partial charge in [-0.05, 0) is 63.3 Å². The molecular formula is C26H29N3O4. The number of rotatable bonds is 6. The second-order valence-electron chi connectivity index (χ2n) is 9.27. The number of amides is 3. The Balaban J connectivity index is 1.27. The van der Waals surface area contributed by atoms with E-state index in [0.717, 1.165) is 18.6 Å². The lowest BCUT2D eigenvalue weighted by Crippen LogP contribution is -2.62. The van der Waals surface area contributed by atoms with Gasteiger partial charge in [0.15, 0.2) is 0 Å². The van der Waals surface area contributed by atoms with E-state index < -0.39 is 5.66 Å². The van der Waals surface area contributed by atoms with E-state index in [2.05, 4.69) is 5.32 Å². The Kier molecular flexibility index (Phi) is 5.56. The number of nitrogens with one attached hydrogen (secondary N) is 1. The molecule has 7 nitrogen and oxygen atoms in total. The fourth-order valence-electron chi connectivity index (χ4n) is 5.32. The number of carbonyl (C=O) groups is 3. The molecule has 1 N–H and O–H groups in total. The zero-order chi connectivity index (χ0) is 23.0. The van der Waals surface area contributed by atoms with Crippen LogP contribution < -0.4 is 15.0 Å². The summed E-state index contributed by atoms with van der Waals surface area (Å²) in [6.07, 6.45) is 5.86. The molecule has 0 unspecified atom stereocenters. The maximum atomic E-state index is 13.3. The number of nitrogens with zero attached hydrogens (tertiary/aromatic N) is 2. The van der Waals surface area contributed by atoms with Crippen LogP contribution in [0.15, 0.2) is 48.5 Å². The summed E-state index contributed by atoms with van der Waals surface area (Å²) < 4.78 is 6.03. The minimum absolute atomic E-state index is 0.00554. The van der Waals surface area contributed by atoms with Gasteiger partial charge in [-0.1, -0.05) is 18.2 Å². The minimum Gasteiger partial charge on any atom is -0.490 e. The van der Waals surface area contributed by atoms with Crippen LogP contribution in [0.2, 0.25) is 0 Å². The normalized spacial score (nSPS) is 22.3. The van der Waals surface area contributed by atoms with Crippen LogP contribution in [0.1, 0.15) is 62.2 Å². The molecule has 1 saturated heterocycles. The Morgan fingerprint density at radius 1 is 1.12 bits per heavy atom. The van der Waals surface area contributed by atoms with E-state index >= 15 is 0 Å². The average molecular weight is 448 g/mol. The van der Waals surface area contributed by atoms with E-state index in [9.17, 15) is 14.4 Å². The second-order valence-corrected chi connectivity index (χ2v) is 9.27. The number of fused-ring (bicyclic) bond motifs is 3. The van der Waals surface area contributed by atoms with Gasteiger partial charge < -0.3 is 15.0 Å². The zero-order valence-electron chi connectivity index (χ0n) is 18.9. The van der Waals surface area contributed by atoms with Crippen LogP contribution in [0.4, 0.5) is 11.4 Å². The van der Waals surface area contributed by atoms with Gasteiger partial charge in [0.25, 0.3) is 5.91 Å². The lowest BCUT2D eigenvalue weighted by Gasteiger charge is -2.48. The Morgan fingerprint density at radius 2 is 1.91 bits per heavy atom. The molecule has 0 spiro atoms.